The van der Waals surface area contributed by atoms with Crippen LogP contribution in [0.25, 0.3) is 0 Å². The zero-order valence-electron chi connectivity index (χ0n) is 11.3. The maximum Gasteiger partial charge on any atom is 0.215 e. The van der Waals surface area contributed by atoms with Gasteiger partial charge in [0, 0.05) is 31.0 Å². The largest absolute Gasteiger partial charge is 0.389 e. The molecule has 0 fully saturated rings. The van der Waals surface area contributed by atoms with Gasteiger partial charge in [-0.3, -0.25) is 0 Å². The van der Waals surface area contributed by atoms with E-state index in [4.69, 9.17) is 18.0 Å². The van der Waals surface area contributed by atoms with Crippen molar-refractivity contribution in [3.05, 3.63) is 54.1 Å². The van der Waals surface area contributed by atoms with Gasteiger partial charge in [0.2, 0.25) is 10.0 Å². The molecule has 0 saturated carbocycles. The van der Waals surface area contributed by atoms with E-state index in [0.717, 1.165) is 5.56 Å². The molecule has 8 heteroatoms. The third-order valence-electron chi connectivity index (χ3n) is 2.85. The minimum Gasteiger partial charge on any atom is -0.389 e. The summed E-state index contributed by atoms with van der Waals surface area (Å²) in [5.41, 5.74) is 6.90. The van der Waals surface area contributed by atoms with E-state index in [1.165, 1.54) is 0 Å². The number of nitrogens with one attached hydrogen (secondary N) is 1. The zero-order chi connectivity index (χ0) is 15.3. The Morgan fingerprint density at radius 3 is 2.62 bits per heavy atom. The van der Waals surface area contributed by atoms with Crippen LogP contribution in [-0.2, 0) is 22.3 Å². The molecule has 0 unspecified atom stereocenters. The summed E-state index contributed by atoms with van der Waals surface area (Å²) in [5.74, 6) is -0.0749. The number of sulfonamides is 1. The molecule has 0 aliphatic rings. The number of rotatable bonds is 7. The molecule has 1 aromatic heterocycles. The average molecular weight is 324 g/mol. The molecular weight excluding hydrogens is 308 g/mol. The topological polar surface area (TPSA) is 90.0 Å². The van der Waals surface area contributed by atoms with E-state index in [1.54, 1.807) is 47.6 Å². The van der Waals surface area contributed by atoms with Crippen LogP contribution in [0.15, 0.2) is 43.0 Å². The lowest BCUT2D eigenvalue weighted by Gasteiger charge is -2.08. The molecule has 2 rings (SSSR count). The minimum absolute atomic E-state index is 0.0749. The molecule has 0 spiro atoms. The zero-order valence-corrected chi connectivity index (χ0v) is 12.9. The predicted octanol–water partition coefficient (Wildman–Crippen LogP) is 0.637. The third-order valence-corrected chi connectivity index (χ3v) is 4.44. The van der Waals surface area contributed by atoms with E-state index >= 15 is 0 Å². The van der Waals surface area contributed by atoms with Crippen molar-refractivity contribution in [1.82, 2.24) is 14.3 Å². The second-order valence-corrected chi connectivity index (χ2v) is 6.76. The molecule has 0 radical (unpaired) electrons. The highest BCUT2D eigenvalue weighted by molar-refractivity contribution is 7.88. The summed E-state index contributed by atoms with van der Waals surface area (Å²) in [5, 5.41) is 0. The summed E-state index contributed by atoms with van der Waals surface area (Å²) < 4.78 is 28.3. The van der Waals surface area contributed by atoms with Crippen LogP contribution in [-0.4, -0.2) is 29.5 Å². The molecule has 0 amide bonds. The van der Waals surface area contributed by atoms with Gasteiger partial charge in [-0.2, -0.15) is 0 Å². The number of nitrogens with zero attached hydrogens (tertiary/aromatic N) is 2. The Labute approximate surface area is 129 Å². The molecule has 1 heterocycles. The minimum atomic E-state index is -3.37. The van der Waals surface area contributed by atoms with Gasteiger partial charge < -0.3 is 10.3 Å². The van der Waals surface area contributed by atoms with Gasteiger partial charge in [0.1, 0.15) is 4.99 Å². The summed E-state index contributed by atoms with van der Waals surface area (Å²) in [4.78, 5) is 4.19. The van der Waals surface area contributed by atoms with Crippen molar-refractivity contribution in [2.45, 2.75) is 12.3 Å². The van der Waals surface area contributed by atoms with E-state index in [-0.39, 0.29) is 5.75 Å². The van der Waals surface area contributed by atoms with Crippen molar-refractivity contribution in [3.8, 4) is 0 Å². The van der Waals surface area contributed by atoms with Gasteiger partial charge in [0.15, 0.2) is 0 Å². The lowest BCUT2D eigenvalue weighted by atomic mass is 10.1. The van der Waals surface area contributed by atoms with E-state index in [9.17, 15) is 8.42 Å². The van der Waals surface area contributed by atoms with Crippen molar-refractivity contribution in [2.24, 2.45) is 5.73 Å². The fraction of sp³-hybridized carbons (Fsp3) is 0.231. The smallest absolute Gasteiger partial charge is 0.215 e. The fourth-order valence-corrected chi connectivity index (χ4v) is 3.06. The van der Waals surface area contributed by atoms with Crippen LogP contribution in [0.4, 0.5) is 0 Å². The van der Waals surface area contributed by atoms with E-state index in [1.807, 2.05) is 0 Å². The molecule has 1 aromatic carbocycles. The second kappa shape index (κ2) is 6.79. The van der Waals surface area contributed by atoms with Gasteiger partial charge in [-0.15, -0.1) is 0 Å². The van der Waals surface area contributed by atoms with E-state index in [0.29, 0.717) is 23.6 Å². The van der Waals surface area contributed by atoms with Crippen LogP contribution in [0.3, 0.4) is 0 Å². The molecular formula is C13H16N4O2S2. The first-order valence-electron chi connectivity index (χ1n) is 6.28. The lowest BCUT2D eigenvalue weighted by molar-refractivity contribution is 0.572. The molecule has 0 saturated heterocycles. The number of aromatic nitrogens is 2. The van der Waals surface area contributed by atoms with Crippen LogP contribution in [0.5, 0.6) is 0 Å². The summed E-state index contributed by atoms with van der Waals surface area (Å²) in [6, 6.07) is 6.87. The highest BCUT2D eigenvalue weighted by atomic mass is 32.2. The Hall–Kier alpha value is -1.77. The highest BCUT2D eigenvalue weighted by Crippen LogP contribution is 2.07. The third kappa shape index (κ3) is 4.92. The standard InChI is InChI=1S/C13H16N4O2S2/c14-13(20)12-3-1-11(2-4-12)9-21(18,19)16-6-8-17-7-5-15-10-17/h1-5,7,10,16H,6,8-9H2,(H2,14,20). The molecule has 0 atom stereocenters. The molecule has 6 nitrogen and oxygen atoms in total. The number of hydrogen-bond donors (Lipinski definition) is 2. The molecule has 21 heavy (non-hydrogen) atoms. The Bertz CT molecular complexity index is 694. The molecule has 3 N–H and O–H groups in total. The number of benzene rings is 1. The van der Waals surface area contributed by atoms with Crippen molar-refractivity contribution >= 4 is 27.2 Å². The van der Waals surface area contributed by atoms with Crippen LogP contribution >= 0.6 is 12.2 Å². The first-order chi connectivity index (χ1) is 9.96. The Balaban J connectivity index is 1.89. The van der Waals surface area contributed by atoms with Crippen molar-refractivity contribution in [3.63, 3.8) is 0 Å². The fourth-order valence-electron chi connectivity index (χ4n) is 1.78. The first kappa shape index (κ1) is 15.6. The van der Waals surface area contributed by atoms with Crippen LogP contribution in [0.1, 0.15) is 11.1 Å². The van der Waals surface area contributed by atoms with E-state index < -0.39 is 10.0 Å². The van der Waals surface area contributed by atoms with Crippen LogP contribution in [0.2, 0.25) is 0 Å². The molecule has 0 aliphatic carbocycles. The lowest BCUT2D eigenvalue weighted by Crippen LogP contribution is -2.28. The van der Waals surface area contributed by atoms with E-state index in [2.05, 4.69) is 9.71 Å². The summed E-state index contributed by atoms with van der Waals surface area (Å²) in [6.45, 7) is 0.864. The predicted molar refractivity (Wildman–Crippen MR) is 85.2 cm³/mol. The Morgan fingerprint density at radius 1 is 1.33 bits per heavy atom. The Kier molecular flexibility index (Phi) is 5.05. The van der Waals surface area contributed by atoms with Crippen LogP contribution in [0, 0.1) is 0 Å². The van der Waals surface area contributed by atoms with Gasteiger partial charge in [-0.25, -0.2) is 18.1 Å². The maximum absolute atomic E-state index is 12.0. The molecule has 2 aromatic rings. The van der Waals surface area contributed by atoms with Crippen molar-refractivity contribution in [2.75, 3.05) is 6.54 Å². The quantitative estimate of drug-likeness (QED) is 0.729. The van der Waals surface area contributed by atoms with Gasteiger partial charge in [-0.1, -0.05) is 36.5 Å². The molecule has 0 bridgehead atoms. The average Bonchev–Trinajstić information content (AvgIpc) is 2.91. The second-order valence-electron chi connectivity index (χ2n) is 4.52. The number of nitrogens with two attached hydrogens (primary N) is 1. The monoisotopic (exact) mass is 324 g/mol. The molecule has 0 aliphatic heterocycles. The van der Waals surface area contributed by atoms with Gasteiger partial charge in [-0.05, 0) is 5.56 Å². The van der Waals surface area contributed by atoms with Crippen molar-refractivity contribution < 1.29 is 8.42 Å². The normalized spacial score (nSPS) is 11.4. The van der Waals surface area contributed by atoms with Gasteiger partial charge in [0.05, 0.1) is 12.1 Å². The number of thiocarbonyl (C=S) groups is 1. The summed E-state index contributed by atoms with van der Waals surface area (Å²) in [7, 11) is -3.37. The number of imidazole rings is 1. The van der Waals surface area contributed by atoms with Gasteiger partial charge in [0.25, 0.3) is 0 Å². The number of hydrogen-bond acceptors (Lipinski definition) is 4. The summed E-state index contributed by atoms with van der Waals surface area (Å²) >= 11 is 4.85. The van der Waals surface area contributed by atoms with Crippen LogP contribution < -0.4 is 10.5 Å². The maximum atomic E-state index is 12.0. The van der Waals surface area contributed by atoms with Gasteiger partial charge >= 0.3 is 0 Å². The Morgan fingerprint density at radius 2 is 2.05 bits per heavy atom. The van der Waals surface area contributed by atoms with Crippen molar-refractivity contribution in [1.29, 1.82) is 0 Å². The SMILES string of the molecule is NC(=S)c1ccc(CS(=O)(=O)NCCn2ccnc2)cc1. The molecule has 112 valence electrons. The summed E-state index contributed by atoms with van der Waals surface area (Å²) in [6.07, 6.45) is 5.07. The first-order valence-corrected chi connectivity index (χ1v) is 8.34. The highest BCUT2D eigenvalue weighted by Gasteiger charge is 2.11.